The fourth-order valence-electron chi connectivity index (χ4n) is 5.16. The van der Waals surface area contributed by atoms with Gasteiger partial charge in [0.2, 0.25) is 0 Å². The summed E-state index contributed by atoms with van der Waals surface area (Å²) >= 11 is 0. The van der Waals surface area contributed by atoms with Gasteiger partial charge in [-0.05, 0) is 30.9 Å². The van der Waals surface area contributed by atoms with E-state index in [1.54, 1.807) is 21.6 Å². The number of fused-ring (bicyclic) bond motifs is 1. The molecule has 6 rings (SSSR count). The largest absolute Gasteiger partial charge is 0.381 e. The van der Waals surface area contributed by atoms with Crippen molar-refractivity contribution in [3.63, 3.8) is 0 Å². The van der Waals surface area contributed by atoms with Gasteiger partial charge in [0.1, 0.15) is 23.0 Å². The molecular formula is C26H29N9O. The number of hydrogen-bond acceptors (Lipinski definition) is 8. The standard InChI is InChI=1S/C26H29N9O/c1-32-17-22(15-29-32)23-18-35-26(21(12-27)14-30-35)25(31-23)20-2-3-24(28-13-20)34-8-6-33(7-9-34)16-19-4-10-36-11-5-19/h2-3,13-15,17-19H,4-11,16H2,1H3. The fourth-order valence-corrected chi connectivity index (χ4v) is 5.16. The van der Waals surface area contributed by atoms with E-state index in [1.165, 1.54) is 19.4 Å². The highest BCUT2D eigenvalue weighted by Gasteiger charge is 2.23. The monoisotopic (exact) mass is 483 g/mol. The summed E-state index contributed by atoms with van der Waals surface area (Å²) in [5.41, 5.74) is 4.33. The van der Waals surface area contributed by atoms with Crippen LogP contribution in [0.3, 0.4) is 0 Å². The number of anilines is 1. The van der Waals surface area contributed by atoms with Gasteiger partial charge in [-0.2, -0.15) is 15.5 Å². The second kappa shape index (κ2) is 9.68. The molecule has 0 bridgehead atoms. The smallest absolute Gasteiger partial charge is 0.128 e. The molecule has 0 spiro atoms. The van der Waals surface area contributed by atoms with E-state index in [0.717, 1.165) is 67.9 Å². The minimum Gasteiger partial charge on any atom is -0.381 e. The van der Waals surface area contributed by atoms with E-state index >= 15 is 0 Å². The van der Waals surface area contributed by atoms with Crippen molar-refractivity contribution in [1.82, 2.24) is 34.3 Å². The molecule has 0 amide bonds. The first-order chi connectivity index (χ1) is 17.7. The first-order valence-electron chi connectivity index (χ1n) is 12.5. The lowest BCUT2D eigenvalue weighted by atomic mass is 9.99. The first-order valence-corrected chi connectivity index (χ1v) is 12.5. The van der Waals surface area contributed by atoms with Crippen LogP contribution < -0.4 is 4.90 Å². The summed E-state index contributed by atoms with van der Waals surface area (Å²) in [7, 11) is 1.87. The summed E-state index contributed by atoms with van der Waals surface area (Å²) in [4.78, 5) is 14.6. The normalized spacial score (nSPS) is 17.5. The van der Waals surface area contributed by atoms with Crippen molar-refractivity contribution >= 4 is 11.3 Å². The lowest BCUT2D eigenvalue weighted by Crippen LogP contribution is -2.48. The maximum absolute atomic E-state index is 9.65. The van der Waals surface area contributed by atoms with Gasteiger partial charge in [0.25, 0.3) is 0 Å². The summed E-state index contributed by atoms with van der Waals surface area (Å²) in [6.07, 6.45) is 11.3. The highest BCUT2D eigenvalue weighted by atomic mass is 16.5. The zero-order valence-electron chi connectivity index (χ0n) is 20.4. The van der Waals surface area contributed by atoms with Crippen LogP contribution >= 0.6 is 0 Å². The van der Waals surface area contributed by atoms with Gasteiger partial charge in [0, 0.05) is 76.5 Å². The summed E-state index contributed by atoms with van der Waals surface area (Å²) in [6, 6.07) is 6.34. The molecule has 0 atom stereocenters. The van der Waals surface area contributed by atoms with E-state index in [1.807, 2.05) is 31.7 Å². The minimum atomic E-state index is 0.486. The number of rotatable bonds is 5. The molecule has 4 aromatic rings. The number of hydrogen-bond donors (Lipinski definition) is 0. The van der Waals surface area contributed by atoms with Crippen LogP contribution in [0.4, 0.5) is 5.82 Å². The SMILES string of the molecule is Cn1cc(-c2cn3ncc(C#N)c3c(-c3ccc(N4CCN(CC5CCOCC5)CC4)nc3)n2)cn1. The molecule has 2 aliphatic rings. The van der Waals surface area contributed by atoms with Gasteiger partial charge in [-0.25, -0.2) is 14.5 Å². The van der Waals surface area contributed by atoms with Crippen molar-refractivity contribution in [3.8, 4) is 28.6 Å². The number of aryl methyl sites for hydroxylation is 1. The number of pyridine rings is 1. The van der Waals surface area contributed by atoms with Gasteiger partial charge in [-0.1, -0.05) is 0 Å². The average molecular weight is 484 g/mol. The summed E-state index contributed by atoms with van der Waals surface area (Å²) in [5.74, 6) is 1.73. The first kappa shape index (κ1) is 22.6. The molecule has 2 saturated heterocycles. The molecule has 0 N–H and O–H groups in total. The highest BCUT2D eigenvalue weighted by molar-refractivity contribution is 5.83. The molecule has 0 radical (unpaired) electrons. The number of ether oxygens (including phenoxy) is 1. The van der Waals surface area contributed by atoms with E-state index in [0.29, 0.717) is 16.8 Å². The molecule has 0 aliphatic carbocycles. The molecule has 10 heteroatoms. The molecule has 36 heavy (non-hydrogen) atoms. The zero-order chi connectivity index (χ0) is 24.5. The van der Waals surface area contributed by atoms with Crippen LogP contribution in [0, 0.1) is 17.2 Å². The van der Waals surface area contributed by atoms with Crippen molar-refractivity contribution < 1.29 is 4.74 Å². The van der Waals surface area contributed by atoms with Gasteiger partial charge in [-0.15, -0.1) is 0 Å². The van der Waals surface area contributed by atoms with Crippen LogP contribution in [0.25, 0.3) is 28.0 Å². The summed E-state index contributed by atoms with van der Waals surface area (Å²) in [5, 5.41) is 18.3. The molecule has 0 saturated carbocycles. The van der Waals surface area contributed by atoms with E-state index < -0.39 is 0 Å². The van der Waals surface area contributed by atoms with Crippen molar-refractivity contribution in [2.75, 3.05) is 50.8 Å². The predicted octanol–water partition coefficient (Wildman–Crippen LogP) is 2.61. The average Bonchev–Trinajstić information content (AvgIpc) is 3.55. The Morgan fingerprint density at radius 1 is 1.00 bits per heavy atom. The Hall–Kier alpha value is -3.81. The lowest BCUT2D eigenvalue weighted by molar-refractivity contribution is 0.0517. The summed E-state index contributed by atoms with van der Waals surface area (Å²) < 4.78 is 8.96. The number of aromatic nitrogens is 6. The topological polar surface area (TPSA) is 100 Å². The Morgan fingerprint density at radius 3 is 2.53 bits per heavy atom. The Bertz CT molecular complexity index is 1390. The third kappa shape index (κ3) is 4.43. The number of nitriles is 1. The highest BCUT2D eigenvalue weighted by Crippen LogP contribution is 2.29. The quantitative estimate of drug-likeness (QED) is 0.427. The lowest BCUT2D eigenvalue weighted by Gasteiger charge is -2.37. The van der Waals surface area contributed by atoms with Gasteiger partial charge in [-0.3, -0.25) is 9.58 Å². The Labute approximate surface area is 209 Å². The predicted molar refractivity (Wildman–Crippen MR) is 135 cm³/mol. The summed E-state index contributed by atoms with van der Waals surface area (Å²) in [6.45, 7) is 7.02. The van der Waals surface area contributed by atoms with Crippen molar-refractivity contribution in [3.05, 3.63) is 48.7 Å². The number of nitrogens with zero attached hydrogens (tertiary/aromatic N) is 9. The molecule has 10 nitrogen and oxygen atoms in total. The molecule has 6 heterocycles. The van der Waals surface area contributed by atoms with Gasteiger partial charge in [0.15, 0.2) is 0 Å². The third-order valence-electron chi connectivity index (χ3n) is 7.19. The van der Waals surface area contributed by atoms with E-state index in [9.17, 15) is 5.26 Å². The zero-order valence-corrected chi connectivity index (χ0v) is 20.4. The minimum absolute atomic E-state index is 0.486. The molecule has 0 aromatic carbocycles. The molecule has 184 valence electrons. The number of piperazine rings is 1. The van der Waals surface area contributed by atoms with Crippen LogP contribution in [-0.4, -0.2) is 80.2 Å². The van der Waals surface area contributed by atoms with E-state index in [4.69, 9.17) is 14.7 Å². The molecule has 4 aromatic heterocycles. The maximum Gasteiger partial charge on any atom is 0.128 e. The van der Waals surface area contributed by atoms with Crippen LogP contribution in [0.5, 0.6) is 0 Å². The maximum atomic E-state index is 9.65. The van der Waals surface area contributed by atoms with Gasteiger partial charge in [0.05, 0.1) is 30.0 Å². The molecule has 2 fully saturated rings. The van der Waals surface area contributed by atoms with Gasteiger partial charge < -0.3 is 9.64 Å². The fraction of sp³-hybridized carbons (Fsp3) is 0.423. The van der Waals surface area contributed by atoms with Crippen molar-refractivity contribution in [2.45, 2.75) is 12.8 Å². The van der Waals surface area contributed by atoms with E-state index in [2.05, 4.69) is 32.1 Å². The van der Waals surface area contributed by atoms with Crippen LogP contribution in [0.2, 0.25) is 0 Å². The Morgan fingerprint density at radius 2 is 1.83 bits per heavy atom. The molecule has 0 unspecified atom stereocenters. The Balaban J connectivity index is 1.22. The molecular weight excluding hydrogens is 454 g/mol. The van der Waals surface area contributed by atoms with E-state index in [-0.39, 0.29) is 0 Å². The van der Waals surface area contributed by atoms with Crippen LogP contribution in [0.1, 0.15) is 18.4 Å². The van der Waals surface area contributed by atoms with Crippen LogP contribution in [0.15, 0.2) is 43.1 Å². The van der Waals surface area contributed by atoms with Crippen molar-refractivity contribution in [2.24, 2.45) is 13.0 Å². The second-order valence-corrected chi connectivity index (χ2v) is 9.59. The van der Waals surface area contributed by atoms with Crippen molar-refractivity contribution in [1.29, 1.82) is 5.26 Å². The van der Waals surface area contributed by atoms with Gasteiger partial charge >= 0.3 is 0 Å². The third-order valence-corrected chi connectivity index (χ3v) is 7.19. The van der Waals surface area contributed by atoms with Crippen LogP contribution in [-0.2, 0) is 11.8 Å². The second-order valence-electron chi connectivity index (χ2n) is 9.59. The molecule has 2 aliphatic heterocycles. The Kier molecular flexibility index (Phi) is 6.09.